The molecule has 10 nitrogen and oxygen atoms in total. The first-order chi connectivity index (χ1) is 19.2. The lowest BCUT2D eigenvalue weighted by atomic mass is 9.86. The number of carbonyl (C=O) groups is 1. The molecule has 0 bridgehead atoms. The summed E-state index contributed by atoms with van der Waals surface area (Å²) in [5.74, 6) is 0.760. The Hall–Kier alpha value is -3.66. The number of aromatic amines is 1. The van der Waals surface area contributed by atoms with Gasteiger partial charge in [0.25, 0.3) is 5.56 Å². The van der Waals surface area contributed by atoms with E-state index < -0.39 is 17.3 Å². The van der Waals surface area contributed by atoms with E-state index in [2.05, 4.69) is 21.1 Å². The van der Waals surface area contributed by atoms with Gasteiger partial charge >= 0.3 is 6.18 Å². The van der Waals surface area contributed by atoms with Gasteiger partial charge in [-0.25, -0.2) is 10.1 Å². The van der Waals surface area contributed by atoms with E-state index in [1.165, 1.54) is 0 Å². The number of nitriles is 1. The highest BCUT2D eigenvalue weighted by molar-refractivity contribution is 5.79. The molecule has 3 atom stereocenters. The molecule has 13 heteroatoms. The minimum absolute atomic E-state index is 0.118. The van der Waals surface area contributed by atoms with Crippen LogP contribution in [0.2, 0.25) is 0 Å². The van der Waals surface area contributed by atoms with E-state index in [4.69, 9.17) is 10.00 Å². The van der Waals surface area contributed by atoms with Gasteiger partial charge in [0.15, 0.2) is 0 Å². The van der Waals surface area contributed by atoms with Crippen molar-refractivity contribution in [3.8, 4) is 6.07 Å². The number of anilines is 2. The molecule has 2 aromatic rings. The molecule has 0 spiro atoms. The number of H-pyrrole nitrogens is 1. The van der Waals surface area contributed by atoms with Crippen LogP contribution in [0, 0.1) is 17.2 Å². The molecule has 3 aliphatic rings. The molecule has 4 heterocycles. The van der Waals surface area contributed by atoms with Crippen LogP contribution in [0.25, 0.3) is 0 Å². The molecule has 1 aliphatic carbocycles. The van der Waals surface area contributed by atoms with Crippen LogP contribution in [-0.4, -0.2) is 77.5 Å². The first kappa shape index (κ1) is 27.9. The summed E-state index contributed by atoms with van der Waals surface area (Å²) in [5, 5.41) is 14.5. The Bertz CT molecular complexity index is 1290. The topological polar surface area (TPSA) is 118 Å². The summed E-state index contributed by atoms with van der Waals surface area (Å²) in [7, 11) is 0. The fourth-order valence-corrected chi connectivity index (χ4v) is 6.03. The van der Waals surface area contributed by atoms with Crippen LogP contribution in [0.1, 0.15) is 49.7 Å². The zero-order chi connectivity index (χ0) is 28.3. The van der Waals surface area contributed by atoms with Crippen molar-refractivity contribution in [3.05, 3.63) is 46.0 Å². The maximum Gasteiger partial charge on any atom is 0.423 e. The van der Waals surface area contributed by atoms with E-state index in [1.807, 2.05) is 16.1 Å². The standard InChI is InChI=1S/C27H32F3N7O3/c28-27(29,30)24-22(16-33-34-25(24)38)37-8-2-4-20(37)17-40-21-5-1-3-19(13-21)26(39)36-11-9-35(10-12-36)23-7-6-18(14-31)15-32-23/h6-7,15-16,19-21H,1-5,8-13,17H2,(H,34,38)/t19-,20-,21+/m0/s1. The smallest absolute Gasteiger partial charge is 0.376 e. The quantitative estimate of drug-likeness (QED) is 0.574. The third-order valence-electron chi connectivity index (χ3n) is 8.10. The number of nitrogens with one attached hydrogen (secondary N) is 1. The largest absolute Gasteiger partial charge is 0.423 e. The van der Waals surface area contributed by atoms with Crippen LogP contribution < -0.4 is 15.4 Å². The highest BCUT2D eigenvalue weighted by Crippen LogP contribution is 2.37. The van der Waals surface area contributed by atoms with Crippen molar-refractivity contribution in [2.45, 2.75) is 56.8 Å². The molecular formula is C27H32F3N7O3. The summed E-state index contributed by atoms with van der Waals surface area (Å²) in [5.41, 5.74) is -2.19. The Morgan fingerprint density at radius 3 is 2.60 bits per heavy atom. The zero-order valence-electron chi connectivity index (χ0n) is 22.1. The van der Waals surface area contributed by atoms with Crippen molar-refractivity contribution in [1.29, 1.82) is 5.26 Å². The number of nitrogens with zero attached hydrogens (tertiary/aromatic N) is 6. The fraction of sp³-hybridized carbons (Fsp3) is 0.593. The van der Waals surface area contributed by atoms with Crippen molar-refractivity contribution in [2.24, 2.45) is 5.92 Å². The van der Waals surface area contributed by atoms with E-state index in [0.29, 0.717) is 57.5 Å². The third kappa shape index (κ3) is 6.06. The van der Waals surface area contributed by atoms with Crippen LogP contribution in [0.4, 0.5) is 24.7 Å². The SMILES string of the molecule is N#Cc1ccc(N2CCN(C(=O)[C@H]3CCC[C@@H](OC[C@@H]4CCCN4c4cn[nH]c(=O)c4C(F)(F)F)C3)CC2)nc1. The molecule has 5 rings (SSSR count). The van der Waals surface area contributed by atoms with Crippen LogP contribution in [-0.2, 0) is 15.7 Å². The number of alkyl halides is 3. The Morgan fingerprint density at radius 2 is 1.90 bits per heavy atom. The molecule has 2 aliphatic heterocycles. The summed E-state index contributed by atoms with van der Waals surface area (Å²) in [6.45, 7) is 3.11. The van der Waals surface area contributed by atoms with Crippen molar-refractivity contribution in [2.75, 3.05) is 49.1 Å². The van der Waals surface area contributed by atoms with Crippen molar-refractivity contribution in [3.63, 3.8) is 0 Å². The highest BCUT2D eigenvalue weighted by atomic mass is 19.4. The summed E-state index contributed by atoms with van der Waals surface area (Å²) < 4.78 is 47.0. The molecule has 3 fully saturated rings. The molecule has 214 valence electrons. The number of pyridine rings is 1. The minimum Gasteiger partial charge on any atom is -0.376 e. The lowest BCUT2D eigenvalue weighted by molar-refractivity contribution is -0.139. The monoisotopic (exact) mass is 559 g/mol. The number of aromatic nitrogens is 3. The molecule has 40 heavy (non-hydrogen) atoms. The van der Waals surface area contributed by atoms with Crippen LogP contribution >= 0.6 is 0 Å². The van der Waals surface area contributed by atoms with Gasteiger partial charge < -0.3 is 19.4 Å². The Morgan fingerprint density at radius 1 is 1.10 bits per heavy atom. The predicted molar refractivity (Wildman–Crippen MR) is 140 cm³/mol. The first-order valence-electron chi connectivity index (χ1n) is 13.7. The average molecular weight is 560 g/mol. The van der Waals surface area contributed by atoms with Gasteiger partial charge in [0.2, 0.25) is 5.91 Å². The van der Waals surface area contributed by atoms with Gasteiger partial charge in [-0.3, -0.25) is 9.59 Å². The number of hydrogen-bond donors (Lipinski definition) is 1. The van der Waals surface area contributed by atoms with Crippen LogP contribution in [0.3, 0.4) is 0 Å². The van der Waals surface area contributed by atoms with Gasteiger partial charge in [-0.1, -0.05) is 6.42 Å². The van der Waals surface area contributed by atoms with Crippen molar-refractivity contribution < 1.29 is 22.7 Å². The number of halogens is 3. The molecule has 0 radical (unpaired) electrons. The lowest BCUT2D eigenvalue weighted by Crippen LogP contribution is -2.51. The number of amides is 1. The normalized spacial score (nSPS) is 23.8. The average Bonchev–Trinajstić information content (AvgIpc) is 3.44. The maximum atomic E-state index is 13.6. The Kier molecular flexibility index (Phi) is 8.25. The summed E-state index contributed by atoms with van der Waals surface area (Å²) in [6, 6.07) is 5.31. The Labute approximate surface area is 229 Å². The summed E-state index contributed by atoms with van der Waals surface area (Å²) >= 11 is 0. The number of piperazine rings is 1. The number of rotatable bonds is 6. The zero-order valence-corrected chi connectivity index (χ0v) is 22.1. The van der Waals surface area contributed by atoms with Gasteiger partial charge in [0.1, 0.15) is 17.5 Å². The van der Waals surface area contributed by atoms with Gasteiger partial charge in [-0.2, -0.15) is 23.5 Å². The Balaban J connectivity index is 1.14. The van der Waals surface area contributed by atoms with E-state index >= 15 is 0 Å². The molecule has 1 amide bonds. The van der Waals surface area contributed by atoms with Gasteiger partial charge in [-0.15, -0.1) is 0 Å². The van der Waals surface area contributed by atoms with E-state index in [1.54, 1.807) is 17.2 Å². The highest BCUT2D eigenvalue weighted by Gasteiger charge is 2.41. The van der Waals surface area contributed by atoms with Gasteiger partial charge in [-0.05, 0) is 44.2 Å². The van der Waals surface area contributed by atoms with Crippen LogP contribution in [0.15, 0.2) is 29.3 Å². The third-order valence-corrected chi connectivity index (χ3v) is 8.10. The molecule has 0 unspecified atom stereocenters. The fourth-order valence-electron chi connectivity index (χ4n) is 6.03. The molecular weight excluding hydrogens is 527 g/mol. The second-order valence-electron chi connectivity index (χ2n) is 10.6. The maximum absolute atomic E-state index is 13.6. The minimum atomic E-state index is -4.79. The summed E-state index contributed by atoms with van der Waals surface area (Å²) in [4.78, 5) is 35.2. The molecule has 0 aromatic carbocycles. The van der Waals surface area contributed by atoms with Gasteiger partial charge in [0, 0.05) is 44.8 Å². The van der Waals surface area contributed by atoms with Crippen LogP contribution in [0.5, 0.6) is 0 Å². The van der Waals surface area contributed by atoms with Crippen molar-refractivity contribution in [1.82, 2.24) is 20.1 Å². The number of hydrogen-bond acceptors (Lipinski definition) is 8. The number of ether oxygens (including phenoxy) is 1. The molecule has 1 saturated carbocycles. The van der Waals surface area contributed by atoms with E-state index in [9.17, 15) is 22.8 Å². The number of carbonyl (C=O) groups excluding carboxylic acids is 1. The summed E-state index contributed by atoms with van der Waals surface area (Å²) in [6.07, 6.45) is 2.04. The molecule has 2 saturated heterocycles. The first-order valence-corrected chi connectivity index (χ1v) is 13.7. The second kappa shape index (κ2) is 11.8. The molecule has 1 N–H and O–H groups in total. The predicted octanol–water partition coefficient (Wildman–Crippen LogP) is 2.95. The van der Waals surface area contributed by atoms with E-state index in [-0.39, 0.29) is 36.3 Å². The second-order valence-corrected chi connectivity index (χ2v) is 10.6. The van der Waals surface area contributed by atoms with Gasteiger partial charge in [0.05, 0.1) is 36.2 Å². The van der Waals surface area contributed by atoms with Crippen molar-refractivity contribution >= 4 is 17.4 Å². The lowest BCUT2D eigenvalue weighted by Gasteiger charge is -2.38. The van der Waals surface area contributed by atoms with E-state index in [0.717, 1.165) is 31.3 Å². The molecule has 2 aromatic heterocycles.